The van der Waals surface area contributed by atoms with Crippen molar-refractivity contribution in [3.8, 4) is 0 Å². The standard InChI is InChI=1S/C7H15NO3/c1-3-4-5(9)7(2,8)6(10)11/h5,9H,3-4,8H2,1-2H3,(H,10,11)/t5?,7-/m0/s1. The minimum absolute atomic E-state index is 0.416. The van der Waals surface area contributed by atoms with E-state index in [1.807, 2.05) is 6.92 Å². The van der Waals surface area contributed by atoms with Crippen molar-refractivity contribution < 1.29 is 15.0 Å². The average Bonchev–Trinajstić information content (AvgIpc) is 1.88. The third-order valence-corrected chi connectivity index (χ3v) is 1.72. The molecule has 0 aromatic heterocycles. The van der Waals surface area contributed by atoms with Crippen LogP contribution < -0.4 is 5.73 Å². The number of aliphatic hydroxyl groups excluding tert-OH is 1. The Labute approximate surface area is 66.0 Å². The quantitative estimate of drug-likeness (QED) is 0.539. The molecule has 4 N–H and O–H groups in total. The monoisotopic (exact) mass is 161 g/mol. The molecule has 0 saturated heterocycles. The van der Waals surface area contributed by atoms with Crippen LogP contribution in [0.4, 0.5) is 0 Å². The normalized spacial score (nSPS) is 18.9. The number of hydrogen-bond acceptors (Lipinski definition) is 3. The van der Waals surface area contributed by atoms with Gasteiger partial charge in [-0.2, -0.15) is 0 Å². The Bertz CT molecular complexity index is 145. The Morgan fingerprint density at radius 2 is 2.18 bits per heavy atom. The molecule has 4 nitrogen and oxygen atoms in total. The van der Waals surface area contributed by atoms with Gasteiger partial charge in [-0.3, -0.25) is 4.79 Å². The molecule has 1 unspecified atom stereocenters. The fourth-order valence-electron chi connectivity index (χ4n) is 0.716. The topological polar surface area (TPSA) is 83.5 Å². The van der Waals surface area contributed by atoms with Crippen LogP contribution in [-0.2, 0) is 4.79 Å². The molecular formula is C7H15NO3. The van der Waals surface area contributed by atoms with E-state index in [4.69, 9.17) is 10.8 Å². The summed E-state index contributed by atoms with van der Waals surface area (Å²) in [6.07, 6.45) is 0.172. The van der Waals surface area contributed by atoms with Gasteiger partial charge < -0.3 is 15.9 Å². The molecule has 0 aliphatic rings. The Hall–Kier alpha value is -0.610. The summed E-state index contributed by atoms with van der Waals surface area (Å²) in [6.45, 7) is 3.18. The first-order valence-corrected chi connectivity index (χ1v) is 3.63. The fourth-order valence-corrected chi connectivity index (χ4v) is 0.716. The van der Waals surface area contributed by atoms with E-state index in [2.05, 4.69) is 0 Å². The van der Waals surface area contributed by atoms with Crippen molar-refractivity contribution in [1.82, 2.24) is 0 Å². The minimum Gasteiger partial charge on any atom is -0.480 e. The van der Waals surface area contributed by atoms with E-state index in [9.17, 15) is 9.90 Å². The van der Waals surface area contributed by atoms with E-state index in [0.29, 0.717) is 6.42 Å². The van der Waals surface area contributed by atoms with Crippen LogP contribution in [0.15, 0.2) is 0 Å². The predicted octanol–water partition coefficient (Wildman–Crippen LogP) is -0.0506. The molecule has 2 atom stereocenters. The maximum atomic E-state index is 10.5. The second-order valence-electron chi connectivity index (χ2n) is 2.89. The van der Waals surface area contributed by atoms with Crippen LogP contribution in [0.1, 0.15) is 26.7 Å². The van der Waals surface area contributed by atoms with Crippen molar-refractivity contribution in [3.63, 3.8) is 0 Å². The van der Waals surface area contributed by atoms with Crippen LogP contribution in [0.25, 0.3) is 0 Å². The van der Waals surface area contributed by atoms with E-state index >= 15 is 0 Å². The predicted molar refractivity (Wildman–Crippen MR) is 41.1 cm³/mol. The molecular weight excluding hydrogens is 146 g/mol. The number of aliphatic hydroxyl groups is 1. The van der Waals surface area contributed by atoms with Gasteiger partial charge in [-0.05, 0) is 13.3 Å². The van der Waals surface area contributed by atoms with Crippen molar-refractivity contribution in [2.75, 3.05) is 0 Å². The van der Waals surface area contributed by atoms with Crippen molar-refractivity contribution >= 4 is 5.97 Å². The molecule has 0 bridgehead atoms. The third-order valence-electron chi connectivity index (χ3n) is 1.72. The maximum absolute atomic E-state index is 10.5. The van der Waals surface area contributed by atoms with Gasteiger partial charge in [0.2, 0.25) is 0 Å². The first-order chi connectivity index (χ1) is 4.92. The summed E-state index contributed by atoms with van der Waals surface area (Å²) in [6, 6.07) is 0. The number of carboxylic acid groups (broad SMARTS) is 1. The van der Waals surface area contributed by atoms with E-state index in [0.717, 1.165) is 6.42 Å². The number of rotatable bonds is 4. The molecule has 0 rings (SSSR count). The smallest absolute Gasteiger partial charge is 0.326 e. The van der Waals surface area contributed by atoms with Gasteiger partial charge in [0, 0.05) is 0 Å². The molecule has 0 aliphatic heterocycles. The minimum atomic E-state index is -1.52. The highest BCUT2D eigenvalue weighted by molar-refractivity contribution is 5.78. The summed E-state index contributed by atoms with van der Waals surface area (Å²) in [5.74, 6) is -1.17. The van der Waals surface area contributed by atoms with Gasteiger partial charge in [0.05, 0.1) is 6.10 Å². The van der Waals surface area contributed by atoms with Gasteiger partial charge in [-0.25, -0.2) is 0 Å². The first kappa shape index (κ1) is 10.4. The van der Waals surface area contributed by atoms with E-state index in [1.165, 1.54) is 6.92 Å². The molecule has 11 heavy (non-hydrogen) atoms. The number of carboxylic acids is 1. The van der Waals surface area contributed by atoms with Crippen LogP contribution in [0.5, 0.6) is 0 Å². The Morgan fingerprint density at radius 3 is 2.45 bits per heavy atom. The summed E-state index contributed by atoms with van der Waals surface area (Å²) >= 11 is 0. The highest BCUT2D eigenvalue weighted by Crippen LogP contribution is 2.11. The van der Waals surface area contributed by atoms with E-state index in [-0.39, 0.29) is 0 Å². The molecule has 0 aromatic rings. The summed E-state index contributed by atoms with van der Waals surface area (Å²) in [7, 11) is 0. The molecule has 4 heteroatoms. The van der Waals surface area contributed by atoms with E-state index in [1.54, 1.807) is 0 Å². The van der Waals surface area contributed by atoms with Crippen LogP contribution in [0.3, 0.4) is 0 Å². The van der Waals surface area contributed by atoms with Crippen molar-refractivity contribution in [3.05, 3.63) is 0 Å². The zero-order valence-corrected chi connectivity index (χ0v) is 6.87. The molecule has 0 radical (unpaired) electrons. The van der Waals surface area contributed by atoms with Gasteiger partial charge in [-0.1, -0.05) is 13.3 Å². The van der Waals surface area contributed by atoms with Gasteiger partial charge in [0.25, 0.3) is 0 Å². The summed E-state index contributed by atoms with van der Waals surface area (Å²) in [4.78, 5) is 10.5. The van der Waals surface area contributed by atoms with Gasteiger partial charge in [-0.15, -0.1) is 0 Å². The van der Waals surface area contributed by atoms with Crippen LogP contribution in [-0.4, -0.2) is 27.8 Å². The molecule has 66 valence electrons. The molecule has 0 fully saturated rings. The summed E-state index contributed by atoms with van der Waals surface area (Å²) < 4.78 is 0. The SMILES string of the molecule is CCCC(O)[C@](C)(N)C(=O)O. The lowest BCUT2D eigenvalue weighted by Crippen LogP contribution is -2.54. The van der Waals surface area contributed by atoms with Gasteiger partial charge >= 0.3 is 5.97 Å². The molecule has 0 spiro atoms. The van der Waals surface area contributed by atoms with Crippen LogP contribution >= 0.6 is 0 Å². The van der Waals surface area contributed by atoms with Crippen molar-refractivity contribution in [1.29, 1.82) is 0 Å². The molecule has 0 saturated carbocycles. The summed E-state index contributed by atoms with van der Waals surface area (Å²) in [5, 5.41) is 17.8. The second kappa shape index (κ2) is 3.69. The molecule has 0 amide bonds. The van der Waals surface area contributed by atoms with Crippen molar-refractivity contribution in [2.45, 2.75) is 38.3 Å². The van der Waals surface area contributed by atoms with Crippen molar-refractivity contribution in [2.24, 2.45) is 5.73 Å². The number of carbonyl (C=O) groups is 1. The highest BCUT2D eigenvalue weighted by Gasteiger charge is 2.35. The third kappa shape index (κ3) is 2.48. The maximum Gasteiger partial charge on any atom is 0.326 e. The van der Waals surface area contributed by atoms with Crippen LogP contribution in [0, 0.1) is 0 Å². The first-order valence-electron chi connectivity index (χ1n) is 3.63. The lowest BCUT2D eigenvalue weighted by atomic mass is 9.93. The Morgan fingerprint density at radius 1 is 1.73 bits per heavy atom. The Balaban J connectivity index is 4.17. The number of aliphatic carboxylic acids is 1. The van der Waals surface area contributed by atoms with Gasteiger partial charge in [0.15, 0.2) is 0 Å². The lowest BCUT2D eigenvalue weighted by Gasteiger charge is -2.25. The molecule has 0 aliphatic carbocycles. The van der Waals surface area contributed by atoms with E-state index < -0.39 is 17.6 Å². The number of nitrogens with two attached hydrogens (primary N) is 1. The zero-order valence-electron chi connectivity index (χ0n) is 6.87. The van der Waals surface area contributed by atoms with Crippen LogP contribution in [0.2, 0.25) is 0 Å². The number of hydrogen-bond donors (Lipinski definition) is 3. The zero-order chi connectivity index (χ0) is 9.07. The fraction of sp³-hybridized carbons (Fsp3) is 0.857. The molecule has 0 aromatic carbocycles. The molecule has 0 heterocycles. The Kier molecular flexibility index (Phi) is 3.48. The summed E-state index contributed by atoms with van der Waals surface area (Å²) in [5.41, 5.74) is 3.82. The average molecular weight is 161 g/mol. The largest absolute Gasteiger partial charge is 0.480 e. The van der Waals surface area contributed by atoms with Gasteiger partial charge in [0.1, 0.15) is 5.54 Å². The second-order valence-corrected chi connectivity index (χ2v) is 2.89. The highest BCUT2D eigenvalue weighted by atomic mass is 16.4. The lowest BCUT2D eigenvalue weighted by molar-refractivity contribution is -0.147.